The van der Waals surface area contributed by atoms with Crippen molar-refractivity contribution in [2.75, 3.05) is 6.54 Å². The lowest BCUT2D eigenvalue weighted by molar-refractivity contribution is -0.00875. The Morgan fingerprint density at radius 2 is 2.50 bits per heavy atom. The van der Waals surface area contributed by atoms with Gasteiger partial charge in [0.2, 0.25) is 0 Å². The first-order valence-corrected chi connectivity index (χ1v) is 4.51. The largest absolute Gasteiger partial charge is 0.388 e. The molecule has 1 fully saturated rings. The van der Waals surface area contributed by atoms with Gasteiger partial charge in [0.25, 0.3) is 0 Å². The second-order valence-electron chi connectivity index (χ2n) is 3.89. The predicted molar refractivity (Wildman–Crippen MR) is 46.2 cm³/mol. The second kappa shape index (κ2) is 3.77. The van der Waals surface area contributed by atoms with E-state index in [4.69, 9.17) is 5.26 Å². The van der Waals surface area contributed by atoms with Gasteiger partial charge in [-0.25, -0.2) is 0 Å². The van der Waals surface area contributed by atoms with Crippen LogP contribution in [-0.2, 0) is 0 Å². The molecule has 1 saturated carbocycles. The first-order chi connectivity index (χ1) is 5.66. The third-order valence-corrected chi connectivity index (χ3v) is 2.56. The zero-order chi connectivity index (χ0) is 9.03. The molecule has 0 heterocycles. The molecular weight excluding hydrogens is 152 g/mol. The standard InChI is InChI=1S/C9H16N2O/c1-8-3-2-4-9(12,5-8)6-11-7-10/h8,11-12H,2-6H2,1H3. The van der Waals surface area contributed by atoms with Crippen LogP contribution in [0.15, 0.2) is 0 Å². The highest BCUT2D eigenvalue weighted by atomic mass is 16.3. The van der Waals surface area contributed by atoms with E-state index >= 15 is 0 Å². The molecule has 0 bridgehead atoms. The van der Waals surface area contributed by atoms with E-state index in [0.717, 1.165) is 19.3 Å². The monoisotopic (exact) mass is 168 g/mol. The average molecular weight is 168 g/mol. The van der Waals surface area contributed by atoms with Crippen molar-refractivity contribution in [1.82, 2.24) is 5.32 Å². The van der Waals surface area contributed by atoms with Gasteiger partial charge in [-0.2, -0.15) is 5.26 Å². The number of aliphatic hydroxyl groups is 1. The minimum atomic E-state index is -0.632. The van der Waals surface area contributed by atoms with Crippen molar-refractivity contribution in [3.63, 3.8) is 0 Å². The van der Waals surface area contributed by atoms with Crippen LogP contribution in [0.4, 0.5) is 0 Å². The van der Waals surface area contributed by atoms with Gasteiger partial charge in [0, 0.05) is 0 Å². The summed E-state index contributed by atoms with van der Waals surface area (Å²) in [7, 11) is 0. The normalized spacial score (nSPS) is 35.6. The van der Waals surface area contributed by atoms with E-state index in [0.29, 0.717) is 12.5 Å². The van der Waals surface area contributed by atoms with Gasteiger partial charge in [0.15, 0.2) is 6.19 Å². The van der Waals surface area contributed by atoms with Crippen molar-refractivity contribution in [1.29, 1.82) is 5.26 Å². The lowest BCUT2D eigenvalue weighted by Gasteiger charge is -2.34. The minimum absolute atomic E-state index is 0.411. The molecule has 68 valence electrons. The molecule has 2 N–H and O–H groups in total. The molecule has 0 saturated heterocycles. The van der Waals surface area contributed by atoms with Crippen LogP contribution in [0.3, 0.4) is 0 Å². The fourth-order valence-electron chi connectivity index (χ4n) is 2.00. The van der Waals surface area contributed by atoms with Gasteiger partial charge in [0.1, 0.15) is 0 Å². The van der Waals surface area contributed by atoms with E-state index in [1.165, 1.54) is 6.42 Å². The molecule has 3 nitrogen and oxygen atoms in total. The number of nitriles is 1. The summed E-state index contributed by atoms with van der Waals surface area (Å²) in [6.07, 6.45) is 5.77. The van der Waals surface area contributed by atoms with Crippen molar-refractivity contribution >= 4 is 0 Å². The van der Waals surface area contributed by atoms with Crippen molar-refractivity contribution in [3.8, 4) is 6.19 Å². The molecule has 1 rings (SSSR count). The number of rotatable bonds is 2. The second-order valence-corrected chi connectivity index (χ2v) is 3.89. The SMILES string of the molecule is CC1CCCC(O)(CNC#N)C1. The van der Waals surface area contributed by atoms with Crippen molar-refractivity contribution in [2.24, 2.45) is 5.92 Å². The van der Waals surface area contributed by atoms with Gasteiger partial charge in [-0.1, -0.05) is 19.8 Å². The summed E-state index contributed by atoms with van der Waals surface area (Å²) in [5.74, 6) is 0.587. The third-order valence-electron chi connectivity index (χ3n) is 2.56. The Balaban J connectivity index is 2.41. The van der Waals surface area contributed by atoms with Crippen LogP contribution in [0.1, 0.15) is 32.6 Å². The zero-order valence-corrected chi connectivity index (χ0v) is 7.51. The van der Waals surface area contributed by atoms with Gasteiger partial charge >= 0.3 is 0 Å². The molecule has 0 radical (unpaired) electrons. The molecule has 0 spiro atoms. The highest BCUT2D eigenvalue weighted by molar-refractivity contribution is 4.88. The van der Waals surface area contributed by atoms with Crippen LogP contribution in [0, 0.1) is 17.4 Å². The summed E-state index contributed by atoms with van der Waals surface area (Å²) in [5, 5.41) is 20.8. The maximum absolute atomic E-state index is 9.96. The van der Waals surface area contributed by atoms with Gasteiger partial charge in [0.05, 0.1) is 12.1 Å². The van der Waals surface area contributed by atoms with Gasteiger partial charge in [-0.15, -0.1) is 0 Å². The average Bonchev–Trinajstić information content (AvgIpc) is 2.01. The topological polar surface area (TPSA) is 56.0 Å². The van der Waals surface area contributed by atoms with Crippen molar-refractivity contribution in [2.45, 2.75) is 38.2 Å². The quantitative estimate of drug-likeness (QED) is 0.477. The third kappa shape index (κ3) is 2.38. The maximum Gasteiger partial charge on any atom is 0.176 e. The van der Waals surface area contributed by atoms with Crippen LogP contribution in [0.2, 0.25) is 0 Å². The minimum Gasteiger partial charge on any atom is -0.388 e. The highest BCUT2D eigenvalue weighted by Gasteiger charge is 2.32. The number of hydrogen-bond acceptors (Lipinski definition) is 3. The molecule has 2 unspecified atom stereocenters. The maximum atomic E-state index is 9.96. The van der Waals surface area contributed by atoms with Crippen LogP contribution < -0.4 is 5.32 Å². The Morgan fingerprint density at radius 1 is 1.75 bits per heavy atom. The van der Waals surface area contributed by atoms with E-state index in [2.05, 4.69) is 12.2 Å². The van der Waals surface area contributed by atoms with Gasteiger partial charge < -0.3 is 10.4 Å². The van der Waals surface area contributed by atoms with E-state index in [1.54, 1.807) is 0 Å². The highest BCUT2D eigenvalue weighted by Crippen LogP contribution is 2.31. The van der Waals surface area contributed by atoms with E-state index in [1.807, 2.05) is 6.19 Å². The first kappa shape index (κ1) is 9.34. The molecule has 0 amide bonds. The zero-order valence-electron chi connectivity index (χ0n) is 7.51. The Hall–Kier alpha value is -0.750. The summed E-state index contributed by atoms with van der Waals surface area (Å²) in [6.45, 7) is 2.56. The van der Waals surface area contributed by atoms with E-state index in [9.17, 15) is 5.11 Å². The van der Waals surface area contributed by atoms with Gasteiger partial charge in [-0.05, 0) is 18.8 Å². The Labute approximate surface area is 73.4 Å². The molecular formula is C9H16N2O. The fraction of sp³-hybridized carbons (Fsp3) is 0.889. The lowest BCUT2D eigenvalue weighted by Crippen LogP contribution is -2.42. The molecule has 3 heteroatoms. The van der Waals surface area contributed by atoms with Crippen LogP contribution in [-0.4, -0.2) is 17.3 Å². The molecule has 2 atom stereocenters. The molecule has 0 aromatic carbocycles. The first-order valence-electron chi connectivity index (χ1n) is 4.51. The molecule has 12 heavy (non-hydrogen) atoms. The Bertz CT molecular complexity index is 187. The van der Waals surface area contributed by atoms with Crippen LogP contribution in [0.5, 0.6) is 0 Å². The smallest absolute Gasteiger partial charge is 0.176 e. The van der Waals surface area contributed by atoms with Crippen LogP contribution in [0.25, 0.3) is 0 Å². The molecule has 0 aliphatic heterocycles. The molecule has 0 aromatic rings. The molecule has 1 aliphatic rings. The van der Waals surface area contributed by atoms with Gasteiger partial charge in [-0.3, -0.25) is 0 Å². The molecule has 0 aromatic heterocycles. The van der Waals surface area contributed by atoms with Crippen molar-refractivity contribution < 1.29 is 5.11 Å². The molecule has 1 aliphatic carbocycles. The number of nitrogens with zero attached hydrogens (tertiary/aromatic N) is 1. The summed E-state index contributed by atoms with van der Waals surface area (Å²) >= 11 is 0. The fourth-order valence-corrected chi connectivity index (χ4v) is 2.00. The number of nitrogens with one attached hydrogen (secondary N) is 1. The number of hydrogen-bond donors (Lipinski definition) is 2. The summed E-state index contributed by atoms with van der Waals surface area (Å²) in [6, 6.07) is 0. The van der Waals surface area contributed by atoms with Crippen LogP contribution >= 0.6 is 0 Å². The lowest BCUT2D eigenvalue weighted by atomic mass is 9.79. The Kier molecular flexibility index (Phi) is 2.93. The summed E-state index contributed by atoms with van der Waals surface area (Å²) in [4.78, 5) is 0. The van der Waals surface area contributed by atoms with Crippen molar-refractivity contribution in [3.05, 3.63) is 0 Å². The van der Waals surface area contributed by atoms with E-state index in [-0.39, 0.29) is 0 Å². The Morgan fingerprint density at radius 3 is 3.08 bits per heavy atom. The summed E-state index contributed by atoms with van der Waals surface area (Å²) in [5.41, 5.74) is -0.632. The van der Waals surface area contributed by atoms with E-state index < -0.39 is 5.60 Å². The summed E-state index contributed by atoms with van der Waals surface area (Å²) < 4.78 is 0. The predicted octanol–water partition coefficient (Wildman–Crippen LogP) is 0.998.